The van der Waals surface area contributed by atoms with Crippen molar-refractivity contribution in [2.45, 2.75) is 45.2 Å². The Labute approximate surface area is 109 Å². The molecule has 1 amide bonds. The summed E-state index contributed by atoms with van der Waals surface area (Å²) < 4.78 is 2.05. The van der Waals surface area contributed by atoms with Crippen molar-refractivity contribution in [1.29, 1.82) is 0 Å². The Kier molecular flexibility index (Phi) is 4.42. The maximum Gasteiger partial charge on any atom is 0.270 e. The van der Waals surface area contributed by atoms with Crippen LogP contribution in [0.25, 0.3) is 0 Å². The van der Waals surface area contributed by atoms with Crippen LogP contribution in [0, 0.1) is 0 Å². The van der Waals surface area contributed by atoms with Crippen molar-refractivity contribution in [3.05, 3.63) is 24.0 Å². The minimum Gasteiger partial charge on any atom is -0.344 e. The summed E-state index contributed by atoms with van der Waals surface area (Å²) in [6, 6.07) is 4.08. The van der Waals surface area contributed by atoms with Gasteiger partial charge in [-0.15, -0.1) is 0 Å². The van der Waals surface area contributed by atoms with Crippen LogP contribution in [-0.4, -0.2) is 34.5 Å². The molecule has 4 heteroatoms. The molecule has 0 saturated carbocycles. The third-order valence-corrected chi connectivity index (χ3v) is 3.67. The number of hydrogen-bond acceptors (Lipinski definition) is 2. The standard InChI is InChI=1S/C14H23N3O/c1-2-8-16-9-5-7-13(16)14(18)17-10-4-3-6-12(17)11-15/h5,7,9,12H,2-4,6,8,10-11,15H2,1H3. The molecule has 0 aliphatic carbocycles. The molecule has 1 aliphatic heterocycles. The molecular formula is C14H23N3O. The Morgan fingerprint density at radius 3 is 3.06 bits per heavy atom. The lowest BCUT2D eigenvalue weighted by Gasteiger charge is -2.35. The van der Waals surface area contributed by atoms with Gasteiger partial charge in [0.1, 0.15) is 5.69 Å². The molecule has 1 atom stereocenters. The smallest absolute Gasteiger partial charge is 0.270 e. The van der Waals surface area contributed by atoms with Gasteiger partial charge in [0.15, 0.2) is 0 Å². The first-order valence-electron chi connectivity index (χ1n) is 6.94. The summed E-state index contributed by atoms with van der Waals surface area (Å²) >= 11 is 0. The Balaban J connectivity index is 2.16. The van der Waals surface area contributed by atoms with Crippen molar-refractivity contribution in [3.63, 3.8) is 0 Å². The molecule has 4 nitrogen and oxygen atoms in total. The first-order chi connectivity index (χ1) is 8.77. The summed E-state index contributed by atoms with van der Waals surface area (Å²) in [5.41, 5.74) is 6.58. The lowest BCUT2D eigenvalue weighted by Crippen LogP contribution is -2.47. The quantitative estimate of drug-likeness (QED) is 0.885. The maximum absolute atomic E-state index is 12.6. The first-order valence-corrected chi connectivity index (χ1v) is 6.94. The van der Waals surface area contributed by atoms with Gasteiger partial charge >= 0.3 is 0 Å². The van der Waals surface area contributed by atoms with E-state index in [0.29, 0.717) is 6.54 Å². The molecule has 100 valence electrons. The number of carbonyl (C=O) groups is 1. The van der Waals surface area contributed by atoms with E-state index in [1.165, 1.54) is 6.42 Å². The second kappa shape index (κ2) is 6.05. The molecule has 1 saturated heterocycles. The minimum atomic E-state index is 0.142. The zero-order valence-corrected chi connectivity index (χ0v) is 11.1. The van der Waals surface area contributed by atoms with E-state index in [9.17, 15) is 4.79 Å². The van der Waals surface area contributed by atoms with E-state index >= 15 is 0 Å². The third-order valence-electron chi connectivity index (χ3n) is 3.67. The van der Waals surface area contributed by atoms with Gasteiger partial charge in [0, 0.05) is 31.9 Å². The molecule has 2 heterocycles. The number of rotatable bonds is 4. The van der Waals surface area contributed by atoms with Crippen LogP contribution in [-0.2, 0) is 6.54 Å². The van der Waals surface area contributed by atoms with Crippen molar-refractivity contribution in [2.75, 3.05) is 13.1 Å². The first kappa shape index (κ1) is 13.1. The number of nitrogens with two attached hydrogens (primary N) is 1. The Morgan fingerprint density at radius 1 is 1.50 bits per heavy atom. The predicted molar refractivity (Wildman–Crippen MR) is 72.5 cm³/mol. The van der Waals surface area contributed by atoms with Gasteiger partial charge in [-0.1, -0.05) is 6.92 Å². The molecule has 0 bridgehead atoms. The van der Waals surface area contributed by atoms with E-state index < -0.39 is 0 Å². The van der Waals surface area contributed by atoms with Crippen LogP contribution in [0.2, 0.25) is 0 Å². The molecule has 1 fully saturated rings. The van der Waals surface area contributed by atoms with E-state index in [1.807, 2.05) is 27.8 Å². The topological polar surface area (TPSA) is 51.3 Å². The highest BCUT2D eigenvalue weighted by Crippen LogP contribution is 2.19. The van der Waals surface area contributed by atoms with Crippen molar-refractivity contribution in [3.8, 4) is 0 Å². The van der Waals surface area contributed by atoms with Crippen molar-refractivity contribution >= 4 is 5.91 Å². The summed E-state index contributed by atoms with van der Waals surface area (Å²) in [5.74, 6) is 0.142. The summed E-state index contributed by atoms with van der Waals surface area (Å²) in [4.78, 5) is 14.5. The normalized spacial score (nSPS) is 20.1. The molecular weight excluding hydrogens is 226 g/mol. The highest BCUT2D eigenvalue weighted by atomic mass is 16.2. The van der Waals surface area contributed by atoms with E-state index in [2.05, 4.69) is 6.92 Å². The van der Waals surface area contributed by atoms with Gasteiger partial charge in [-0.25, -0.2) is 0 Å². The molecule has 0 spiro atoms. The van der Waals surface area contributed by atoms with Gasteiger partial charge in [0.25, 0.3) is 5.91 Å². The minimum absolute atomic E-state index is 0.142. The van der Waals surface area contributed by atoms with Gasteiger partial charge < -0.3 is 15.2 Å². The molecule has 1 aromatic rings. The number of aromatic nitrogens is 1. The fourth-order valence-electron chi connectivity index (χ4n) is 2.70. The zero-order valence-electron chi connectivity index (χ0n) is 11.1. The number of likely N-dealkylation sites (tertiary alicyclic amines) is 1. The zero-order chi connectivity index (χ0) is 13.0. The molecule has 2 N–H and O–H groups in total. The van der Waals surface area contributed by atoms with Crippen molar-refractivity contribution in [1.82, 2.24) is 9.47 Å². The second-order valence-corrected chi connectivity index (χ2v) is 4.97. The fourth-order valence-corrected chi connectivity index (χ4v) is 2.70. The molecule has 0 aromatic carbocycles. The number of amides is 1. The molecule has 18 heavy (non-hydrogen) atoms. The van der Waals surface area contributed by atoms with E-state index in [0.717, 1.165) is 38.0 Å². The van der Waals surface area contributed by atoms with Gasteiger partial charge in [-0.3, -0.25) is 4.79 Å². The van der Waals surface area contributed by atoms with Crippen LogP contribution in [0.1, 0.15) is 43.1 Å². The van der Waals surface area contributed by atoms with Crippen molar-refractivity contribution in [2.24, 2.45) is 5.73 Å². The van der Waals surface area contributed by atoms with Crippen LogP contribution >= 0.6 is 0 Å². The Morgan fingerprint density at radius 2 is 2.33 bits per heavy atom. The van der Waals surface area contributed by atoms with Crippen LogP contribution < -0.4 is 5.73 Å². The van der Waals surface area contributed by atoms with E-state index in [-0.39, 0.29) is 11.9 Å². The molecule has 2 rings (SSSR count). The monoisotopic (exact) mass is 249 g/mol. The molecule has 0 radical (unpaired) electrons. The summed E-state index contributed by atoms with van der Waals surface area (Å²) in [7, 11) is 0. The van der Waals surface area contributed by atoms with Gasteiger partial charge in [-0.2, -0.15) is 0 Å². The summed E-state index contributed by atoms with van der Waals surface area (Å²) in [5, 5.41) is 0. The number of nitrogens with zero attached hydrogens (tertiary/aromatic N) is 2. The lowest BCUT2D eigenvalue weighted by atomic mass is 10.0. The Bertz CT molecular complexity index is 399. The second-order valence-electron chi connectivity index (χ2n) is 4.97. The average molecular weight is 249 g/mol. The van der Waals surface area contributed by atoms with Crippen LogP contribution in [0.4, 0.5) is 0 Å². The van der Waals surface area contributed by atoms with Gasteiger partial charge in [-0.05, 0) is 37.8 Å². The summed E-state index contributed by atoms with van der Waals surface area (Å²) in [6.45, 7) is 4.44. The van der Waals surface area contributed by atoms with Crippen LogP contribution in [0.15, 0.2) is 18.3 Å². The van der Waals surface area contributed by atoms with Crippen LogP contribution in [0.5, 0.6) is 0 Å². The van der Waals surface area contributed by atoms with E-state index in [4.69, 9.17) is 5.73 Å². The lowest BCUT2D eigenvalue weighted by molar-refractivity contribution is 0.0612. The van der Waals surface area contributed by atoms with Crippen LogP contribution in [0.3, 0.4) is 0 Å². The largest absolute Gasteiger partial charge is 0.344 e. The molecule has 1 unspecified atom stereocenters. The number of carbonyl (C=O) groups excluding carboxylic acids is 1. The SMILES string of the molecule is CCCn1cccc1C(=O)N1CCCCC1CN. The third kappa shape index (κ3) is 2.58. The number of hydrogen-bond donors (Lipinski definition) is 1. The predicted octanol–water partition coefficient (Wildman–Crippen LogP) is 1.85. The number of piperidine rings is 1. The van der Waals surface area contributed by atoms with Crippen molar-refractivity contribution < 1.29 is 4.79 Å². The number of aryl methyl sites for hydroxylation is 1. The fraction of sp³-hybridized carbons (Fsp3) is 0.643. The highest BCUT2D eigenvalue weighted by molar-refractivity contribution is 5.93. The van der Waals surface area contributed by atoms with Gasteiger partial charge in [0.2, 0.25) is 0 Å². The molecule has 1 aliphatic rings. The Hall–Kier alpha value is -1.29. The highest BCUT2D eigenvalue weighted by Gasteiger charge is 2.27. The summed E-state index contributed by atoms with van der Waals surface area (Å²) in [6.07, 6.45) is 6.34. The van der Waals surface area contributed by atoms with Gasteiger partial charge in [0.05, 0.1) is 0 Å². The maximum atomic E-state index is 12.6. The van der Waals surface area contributed by atoms with E-state index in [1.54, 1.807) is 0 Å². The average Bonchev–Trinajstić information content (AvgIpc) is 2.86. The molecule has 1 aromatic heterocycles.